The molecule has 0 radical (unpaired) electrons. The van der Waals surface area contributed by atoms with Gasteiger partial charge in [-0.3, -0.25) is 4.79 Å². The van der Waals surface area contributed by atoms with E-state index in [1.165, 1.54) is 0 Å². The third-order valence-corrected chi connectivity index (χ3v) is 5.45. The van der Waals surface area contributed by atoms with Gasteiger partial charge in [-0.2, -0.15) is 0 Å². The Hall–Kier alpha value is -1.85. The van der Waals surface area contributed by atoms with Gasteiger partial charge in [0.25, 0.3) is 0 Å². The molecule has 1 unspecified atom stereocenters. The van der Waals surface area contributed by atoms with Gasteiger partial charge in [0, 0.05) is 12.0 Å². The molecule has 2 aliphatic heterocycles. The summed E-state index contributed by atoms with van der Waals surface area (Å²) in [7, 11) is 0. The summed E-state index contributed by atoms with van der Waals surface area (Å²) in [4.78, 5) is 11.7. The van der Waals surface area contributed by atoms with Crippen molar-refractivity contribution in [3.05, 3.63) is 47.7 Å². The first-order chi connectivity index (χ1) is 13.7. The zero-order chi connectivity index (χ0) is 19.8. The second kappa shape index (κ2) is 10.1. The second-order valence-electron chi connectivity index (χ2n) is 7.49. The van der Waals surface area contributed by atoms with Gasteiger partial charge >= 0.3 is 5.97 Å². The molecule has 28 heavy (non-hydrogen) atoms. The van der Waals surface area contributed by atoms with Crippen LogP contribution in [0.25, 0.3) is 0 Å². The highest BCUT2D eigenvalue weighted by molar-refractivity contribution is 5.69. The number of carbonyl (C=O) groups excluding carboxylic acids is 1. The molecule has 154 valence electrons. The molecular weight excluding hydrogens is 356 g/mol. The van der Waals surface area contributed by atoms with E-state index < -0.39 is 5.60 Å². The lowest BCUT2D eigenvalue weighted by molar-refractivity contribution is -0.147. The van der Waals surface area contributed by atoms with Crippen LogP contribution in [0.4, 0.5) is 0 Å². The molecular formula is C23H32O5. The van der Waals surface area contributed by atoms with Crippen molar-refractivity contribution in [3.8, 4) is 0 Å². The maximum atomic E-state index is 11.7. The molecule has 0 bridgehead atoms. The average Bonchev–Trinajstić information content (AvgIpc) is 3.23. The number of ether oxygens (including phenoxy) is 4. The molecule has 0 aliphatic carbocycles. The summed E-state index contributed by atoms with van der Waals surface area (Å²) >= 11 is 0. The van der Waals surface area contributed by atoms with Crippen molar-refractivity contribution < 1.29 is 23.7 Å². The standard InChI is InChI=1S/C23H32O5/c1-3-5-15-23(16-9-12-19(28-23)13-14-21(24)25-4-2)20-17-26-22(27-20)18-10-7-6-8-11-18/h6-8,10-12,20,22H,3-5,9,13-17H2,1-2H3/t20-,22?,23+/m0/s1. The molecule has 1 aromatic rings. The van der Waals surface area contributed by atoms with E-state index in [2.05, 4.69) is 13.0 Å². The summed E-state index contributed by atoms with van der Waals surface area (Å²) in [6.07, 6.45) is 7.50. The van der Waals surface area contributed by atoms with E-state index in [4.69, 9.17) is 18.9 Å². The molecule has 3 atom stereocenters. The number of hydrogen-bond acceptors (Lipinski definition) is 5. The fourth-order valence-electron chi connectivity index (χ4n) is 3.95. The van der Waals surface area contributed by atoms with Crippen LogP contribution in [0.1, 0.15) is 70.6 Å². The Labute approximate surface area is 168 Å². The van der Waals surface area contributed by atoms with Crippen LogP contribution in [0.2, 0.25) is 0 Å². The Kier molecular flexibility index (Phi) is 7.51. The Morgan fingerprint density at radius 1 is 1.25 bits per heavy atom. The first-order valence-corrected chi connectivity index (χ1v) is 10.5. The SMILES string of the molecule is CCCC[C@]1([C@@H]2COC(c3ccccc3)O2)CCC=C(CCC(=O)OCC)O1. The third kappa shape index (κ3) is 5.15. The van der Waals surface area contributed by atoms with E-state index >= 15 is 0 Å². The van der Waals surface area contributed by atoms with Crippen molar-refractivity contribution in [3.63, 3.8) is 0 Å². The molecule has 2 heterocycles. The van der Waals surface area contributed by atoms with Crippen LogP contribution in [-0.2, 0) is 23.7 Å². The van der Waals surface area contributed by atoms with Gasteiger partial charge in [0.05, 0.1) is 25.4 Å². The molecule has 3 rings (SSSR count). The Morgan fingerprint density at radius 2 is 2.07 bits per heavy atom. The van der Waals surface area contributed by atoms with Gasteiger partial charge in [-0.1, -0.05) is 43.7 Å². The minimum Gasteiger partial charge on any atom is -0.489 e. The van der Waals surface area contributed by atoms with Crippen molar-refractivity contribution in [2.75, 3.05) is 13.2 Å². The van der Waals surface area contributed by atoms with Gasteiger partial charge in [0.1, 0.15) is 11.7 Å². The van der Waals surface area contributed by atoms with Gasteiger partial charge in [-0.15, -0.1) is 0 Å². The highest BCUT2D eigenvalue weighted by Gasteiger charge is 2.47. The Balaban J connectivity index is 1.67. The number of carbonyl (C=O) groups is 1. The quantitative estimate of drug-likeness (QED) is 0.553. The van der Waals surface area contributed by atoms with E-state index in [1.807, 2.05) is 37.3 Å². The van der Waals surface area contributed by atoms with Crippen molar-refractivity contribution in [2.24, 2.45) is 0 Å². The predicted octanol–water partition coefficient (Wildman–Crippen LogP) is 5.07. The van der Waals surface area contributed by atoms with Gasteiger partial charge in [0.15, 0.2) is 6.29 Å². The molecule has 1 saturated heterocycles. The first-order valence-electron chi connectivity index (χ1n) is 10.5. The summed E-state index contributed by atoms with van der Waals surface area (Å²) < 4.78 is 23.9. The van der Waals surface area contributed by atoms with Crippen LogP contribution < -0.4 is 0 Å². The van der Waals surface area contributed by atoms with E-state index in [9.17, 15) is 4.79 Å². The molecule has 5 nitrogen and oxygen atoms in total. The topological polar surface area (TPSA) is 54.0 Å². The normalized spacial score (nSPS) is 27.1. The molecule has 5 heteroatoms. The average molecular weight is 389 g/mol. The summed E-state index contributed by atoms with van der Waals surface area (Å²) in [6.45, 7) is 4.94. The number of unbranched alkanes of at least 4 members (excludes halogenated alkanes) is 1. The van der Waals surface area contributed by atoms with E-state index in [0.29, 0.717) is 26.1 Å². The Bertz CT molecular complexity index is 656. The van der Waals surface area contributed by atoms with Gasteiger partial charge < -0.3 is 18.9 Å². The number of hydrogen-bond donors (Lipinski definition) is 0. The molecule has 0 amide bonds. The van der Waals surface area contributed by atoms with Crippen LogP contribution in [0.5, 0.6) is 0 Å². The van der Waals surface area contributed by atoms with Crippen molar-refractivity contribution >= 4 is 5.97 Å². The van der Waals surface area contributed by atoms with Crippen LogP contribution in [0.3, 0.4) is 0 Å². The van der Waals surface area contributed by atoms with E-state index in [0.717, 1.165) is 43.4 Å². The smallest absolute Gasteiger partial charge is 0.306 e. The highest BCUT2D eigenvalue weighted by atomic mass is 16.7. The maximum Gasteiger partial charge on any atom is 0.306 e. The molecule has 0 saturated carbocycles. The number of benzene rings is 1. The van der Waals surface area contributed by atoms with Crippen LogP contribution in [0.15, 0.2) is 42.2 Å². The lowest BCUT2D eigenvalue weighted by Gasteiger charge is -2.41. The van der Waals surface area contributed by atoms with Gasteiger partial charge in [0.2, 0.25) is 0 Å². The molecule has 1 aromatic carbocycles. The monoisotopic (exact) mass is 388 g/mol. The van der Waals surface area contributed by atoms with Crippen molar-refractivity contribution in [2.45, 2.75) is 76.8 Å². The van der Waals surface area contributed by atoms with Crippen LogP contribution in [-0.4, -0.2) is 30.9 Å². The number of esters is 1. The maximum absolute atomic E-state index is 11.7. The van der Waals surface area contributed by atoms with Crippen molar-refractivity contribution in [1.82, 2.24) is 0 Å². The van der Waals surface area contributed by atoms with E-state index in [-0.39, 0.29) is 18.4 Å². The predicted molar refractivity (Wildman–Crippen MR) is 107 cm³/mol. The molecule has 0 spiro atoms. The minimum atomic E-state index is -0.391. The van der Waals surface area contributed by atoms with Gasteiger partial charge in [-0.05, 0) is 38.7 Å². The lowest BCUT2D eigenvalue weighted by atomic mass is 9.84. The fourth-order valence-corrected chi connectivity index (χ4v) is 3.95. The first kappa shape index (κ1) is 20.9. The number of allylic oxidation sites excluding steroid dienone is 2. The fraction of sp³-hybridized carbons (Fsp3) is 0.609. The molecule has 2 aliphatic rings. The van der Waals surface area contributed by atoms with Crippen LogP contribution in [0, 0.1) is 0 Å². The summed E-state index contributed by atoms with van der Waals surface area (Å²) in [6, 6.07) is 10.0. The molecule has 0 N–H and O–H groups in total. The molecule has 1 fully saturated rings. The van der Waals surface area contributed by atoms with Gasteiger partial charge in [-0.25, -0.2) is 0 Å². The zero-order valence-corrected chi connectivity index (χ0v) is 17.0. The zero-order valence-electron chi connectivity index (χ0n) is 17.0. The summed E-state index contributed by atoms with van der Waals surface area (Å²) in [5, 5.41) is 0. The third-order valence-electron chi connectivity index (χ3n) is 5.45. The number of rotatable bonds is 9. The van der Waals surface area contributed by atoms with Crippen LogP contribution >= 0.6 is 0 Å². The summed E-state index contributed by atoms with van der Waals surface area (Å²) in [5.74, 6) is 0.698. The largest absolute Gasteiger partial charge is 0.489 e. The second-order valence-corrected chi connectivity index (χ2v) is 7.49. The lowest BCUT2D eigenvalue weighted by Crippen LogP contribution is -2.47. The van der Waals surface area contributed by atoms with Crippen molar-refractivity contribution in [1.29, 1.82) is 0 Å². The summed E-state index contributed by atoms with van der Waals surface area (Å²) in [5.41, 5.74) is 0.641. The Morgan fingerprint density at radius 3 is 2.82 bits per heavy atom. The minimum absolute atomic E-state index is 0.115. The molecule has 0 aromatic heterocycles. The highest BCUT2D eigenvalue weighted by Crippen LogP contribution is 2.42. The van der Waals surface area contributed by atoms with E-state index in [1.54, 1.807) is 0 Å².